The van der Waals surface area contributed by atoms with E-state index in [2.05, 4.69) is 21.2 Å². The van der Waals surface area contributed by atoms with E-state index in [9.17, 15) is 10.1 Å². The maximum absolute atomic E-state index is 12.3. The number of carbonyl (C=O) groups excluding carboxylic acids is 1. The highest BCUT2D eigenvalue weighted by Crippen LogP contribution is 2.26. The van der Waals surface area contributed by atoms with Crippen LogP contribution in [0.15, 0.2) is 52.5 Å². The zero-order chi connectivity index (χ0) is 18.4. The number of carbonyl (C=O) groups is 1. The van der Waals surface area contributed by atoms with E-state index in [-0.39, 0.29) is 5.57 Å². The van der Waals surface area contributed by atoms with Gasteiger partial charge in [-0.15, -0.1) is 0 Å². The van der Waals surface area contributed by atoms with Gasteiger partial charge in [-0.1, -0.05) is 6.07 Å². The first-order valence-corrected chi connectivity index (χ1v) is 8.28. The van der Waals surface area contributed by atoms with Gasteiger partial charge in [0.15, 0.2) is 0 Å². The van der Waals surface area contributed by atoms with Gasteiger partial charge in [-0.05, 0) is 64.0 Å². The second-order valence-corrected chi connectivity index (χ2v) is 6.31. The minimum atomic E-state index is -0.458. The average Bonchev–Trinajstić information content (AvgIpc) is 2.60. The van der Waals surface area contributed by atoms with Crippen LogP contribution in [0.2, 0.25) is 0 Å². The minimum Gasteiger partial charge on any atom is -0.497 e. The molecule has 1 N–H and O–H groups in total. The van der Waals surface area contributed by atoms with E-state index in [0.717, 1.165) is 15.7 Å². The van der Waals surface area contributed by atoms with E-state index < -0.39 is 5.91 Å². The van der Waals surface area contributed by atoms with Gasteiger partial charge in [-0.3, -0.25) is 4.79 Å². The fourth-order valence-electron chi connectivity index (χ4n) is 2.16. The predicted molar refractivity (Wildman–Crippen MR) is 104 cm³/mol. The largest absolute Gasteiger partial charge is 0.497 e. The van der Waals surface area contributed by atoms with Gasteiger partial charge in [0.05, 0.1) is 12.8 Å². The van der Waals surface area contributed by atoms with Crippen molar-refractivity contribution in [2.75, 3.05) is 31.4 Å². The highest BCUT2D eigenvalue weighted by molar-refractivity contribution is 9.10. The first-order chi connectivity index (χ1) is 11.9. The Hall–Kier alpha value is -2.78. The summed E-state index contributed by atoms with van der Waals surface area (Å²) in [5.74, 6) is 0.236. The van der Waals surface area contributed by atoms with Gasteiger partial charge >= 0.3 is 0 Å². The predicted octanol–water partition coefficient (Wildman–Crippen LogP) is 4.07. The average molecular weight is 400 g/mol. The van der Waals surface area contributed by atoms with Gasteiger partial charge in [0.1, 0.15) is 17.4 Å². The molecule has 5 nitrogen and oxygen atoms in total. The second kappa shape index (κ2) is 8.36. The number of hydrogen-bond acceptors (Lipinski definition) is 4. The van der Waals surface area contributed by atoms with Crippen molar-refractivity contribution in [1.29, 1.82) is 5.26 Å². The SMILES string of the molecule is COc1ccc(NC(=O)C(C#N)=Cc2ccc(N(C)C)c(Br)c2)cc1. The number of benzene rings is 2. The van der Waals surface area contributed by atoms with Crippen molar-refractivity contribution in [3.63, 3.8) is 0 Å². The van der Waals surface area contributed by atoms with Gasteiger partial charge < -0.3 is 15.0 Å². The molecule has 2 rings (SSSR count). The van der Waals surface area contributed by atoms with E-state index in [1.807, 2.05) is 43.3 Å². The first kappa shape index (κ1) is 18.6. The van der Waals surface area contributed by atoms with Crippen molar-refractivity contribution < 1.29 is 9.53 Å². The lowest BCUT2D eigenvalue weighted by Crippen LogP contribution is -2.13. The molecule has 0 bridgehead atoms. The molecule has 0 heterocycles. The molecule has 0 unspecified atom stereocenters. The van der Waals surface area contributed by atoms with Crippen LogP contribution >= 0.6 is 15.9 Å². The van der Waals surface area contributed by atoms with Gasteiger partial charge in [-0.2, -0.15) is 5.26 Å². The van der Waals surface area contributed by atoms with Crippen LogP contribution in [0.5, 0.6) is 5.75 Å². The van der Waals surface area contributed by atoms with Crippen LogP contribution in [-0.2, 0) is 4.79 Å². The zero-order valence-electron chi connectivity index (χ0n) is 14.2. The number of ether oxygens (including phenoxy) is 1. The maximum atomic E-state index is 12.3. The summed E-state index contributed by atoms with van der Waals surface area (Å²) in [5.41, 5.74) is 2.40. The molecule has 2 aromatic carbocycles. The molecule has 6 heteroatoms. The molecule has 0 saturated carbocycles. The molecule has 0 atom stereocenters. The Morgan fingerprint density at radius 2 is 1.92 bits per heavy atom. The number of halogens is 1. The Kier molecular flexibility index (Phi) is 6.20. The van der Waals surface area contributed by atoms with E-state index in [1.54, 1.807) is 37.5 Å². The van der Waals surface area contributed by atoms with Crippen LogP contribution < -0.4 is 15.0 Å². The number of hydrogen-bond donors (Lipinski definition) is 1. The molecule has 0 radical (unpaired) electrons. The first-order valence-electron chi connectivity index (χ1n) is 7.48. The number of rotatable bonds is 5. The van der Waals surface area contributed by atoms with Crippen molar-refractivity contribution in [3.8, 4) is 11.8 Å². The van der Waals surface area contributed by atoms with Crippen molar-refractivity contribution >= 4 is 39.3 Å². The van der Waals surface area contributed by atoms with Crippen LogP contribution in [-0.4, -0.2) is 27.1 Å². The lowest BCUT2D eigenvalue weighted by molar-refractivity contribution is -0.112. The smallest absolute Gasteiger partial charge is 0.266 e. The summed E-state index contributed by atoms with van der Waals surface area (Å²) in [6, 6.07) is 14.5. The van der Waals surface area contributed by atoms with Crippen molar-refractivity contribution in [2.45, 2.75) is 0 Å². The lowest BCUT2D eigenvalue weighted by atomic mass is 10.1. The summed E-state index contributed by atoms with van der Waals surface area (Å²) in [6.45, 7) is 0. The zero-order valence-corrected chi connectivity index (χ0v) is 15.8. The molecule has 1 amide bonds. The number of nitrogens with zero attached hydrogens (tertiary/aromatic N) is 2. The van der Waals surface area contributed by atoms with Gasteiger partial charge in [0, 0.05) is 24.3 Å². The Morgan fingerprint density at radius 1 is 1.24 bits per heavy atom. The number of nitrogens with one attached hydrogen (secondary N) is 1. The molecule has 0 spiro atoms. The lowest BCUT2D eigenvalue weighted by Gasteiger charge is -2.14. The standard InChI is InChI=1S/C19H18BrN3O2/c1-23(2)18-9-4-13(11-17(18)20)10-14(12-21)19(24)22-15-5-7-16(25-3)8-6-15/h4-11H,1-3H3,(H,22,24). The monoisotopic (exact) mass is 399 g/mol. The third-order valence-corrected chi connectivity index (χ3v) is 4.11. The number of methoxy groups -OCH3 is 1. The molecule has 0 aliphatic heterocycles. The van der Waals surface area contributed by atoms with Crippen LogP contribution in [0.1, 0.15) is 5.56 Å². The molecule has 25 heavy (non-hydrogen) atoms. The molecule has 0 aromatic heterocycles. The summed E-state index contributed by atoms with van der Waals surface area (Å²) >= 11 is 3.50. The van der Waals surface area contributed by atoms with Crippen LogP contribution in [0, 0.1) is 11.3 Å². The maximum Gasteiger partial charge on any atom is 0.266 e. The van der Waals surface area contributed by atoms with Gasteiger partial charge in [-0.25, -0.2) is 0 Å². The van der Waals surface area contributed by atoms with E-state index in [0.29, 0.717) is 11.4 Å². The molecule has 0 aliphatic rings. The summed E-state index contributed by atoms with van der Waals surface area (Å²) < 4.78 is 5.96. The minimum absolute atomic E-state index is 0.0281. The summed E-state index contributed by atoms with van der Waals surface area (Å²) in [4.78, 5) is 14.3. The number of nitriles is 1. The third-order valence-electron chi connectivity index (χ3n) is 3.48. The molecule has 128 valence electrons. The topological polar surface area (TPSA) is 65.4 Å². The van der Waals surface area contributed by atoms with E-state index in [4.69, 9.17) is 4.74 Å². The molecule has 0 fully saturated rings. The number of anilines is 2. The fourth-order valence-corrected chi connectivity index (χ4v) is 2.91. The number of amides is 1. The molecular weight excluding hydrogens is 382 g/mol. The fraction of sp³-hybridized carbons (Fsp3) is 0.158. The van der Waals surface area contributed by atoms with Gasteiger partial charge in [0.2, 0.25) is 0 Å². The van der Waals surface area contributed by atoms with Crippen LogP contribution in [0.3, 0.4) is 0 Å². The third kappa shape index (κ3) is 4.85. The summed E-state index contributed by atoms with van der Waals surface area (Å²) in [7, 11) is 5.46. The highest BCUT2D eigenvalue weighted by atomic mass is 79.9. The Bertz CT molecular complexity index is 837. The Morgan fingerprint density at radius 3 is 2.44 bits per heavy atom. The Labute approximate surface area is 155 Å². The molecule has 0 saturated heterocycles. The Balaban J connectivity index is 2.20. The van der Waals surface area contributed by atoms with Crippen molar-refractivity contribution in [3.05, 3.63) is 58.1 Å². The van der Waals surface area contributed by atoms with Crippen LogP contribution in [0.4, 0.5) is 11.4 Å². The summed E-state index contributed by atoms with van der Waals surface area (Å²) in [6.07, 6.45) is 1.56. The second-order valence-electron chi connectivity index (χ2n) is 5.46. The van der Waals surface area contributed by atoms with Crippen molar-refractivity contribution in [2.24, 2.45) is 0 Å². The van der Waals surface area contributed by atoms with Crippen molar-refractivity contribution in [1.82, 2.24) is 0 Å². The molecular formula is C19H18BrN3O2. The van der Waals surface area contributed by atoms with E-state index in [1.165, 1.54) is 0 Å². The summed E-state index contributed by atoms with van der Waals surface area (Å²) in [5, 5.41) is 12.0. The molecule has 2 aromatic rings. The normalized spacial score (nSPS) is 10.8. The van der Waals surface area contributed by atoms with Crippen LogP contribution in [0.25, 0.3) is 6.08 Å². The van der Waals surface area contributed by atoms with Gasteiger partial charge in [0.25, 0.3) is 5.91 Å². The highest BCUT2D eigenvalue weighted by Gasteiger charge is 2.10. The molecule has 0 aliphatic carbocycles. The quantitative estimate of drug-likeness (QED) is 0.607. The van der Waals surface area contributed by atoms with E-state index >= 15 is 0 Å².